The summed E-state index contributed by atoms with van der Waals surface area (Å²) >= 11 is 1.23. The molecule has 0 radical (unpaired) electrons. The zero-order valence-electron chi connectivity index (χ0n) is 18.5. The molecule has 0 saturated heterocycles. The van der Waals surface area contributed by atoms with Crippen LogP contribution in [0, 0.1) is 0 Å². The van der Waals surface area contributed by atoms with E-state index in [2.05, 4.69) is 15.2 Å². The summed E-state index contributed by atoms with van der Waals surface area (Å²) in [6.45, 7) is 2.04. The highest BCUT2D eigenvalue weighted by Crippen LogP contribution is 2.33. The number of anilines is 1. The maximum absolute atomic E-state index is 12.7. The third-order valence-corrected chi connectivity index (χ3v) is 8.04. The van der Waals surface area contributed by atoms with Crippen LogP contribution in [0.25, 0.3) is 11.4 Å². The highest BCUT2D eigenvalue weighted by molar-refractivity contribution is 7.99. The van der Waals surface area contributed by atoms with Gasteiger partial charge in [-0.05, 0) is 49.2 Å². The Bertz CT molecular complexity index is 1290. The van der Waals surface area contributed by atoms with Crippen LogP contribution in [0.3, 0.4) is 0 Å². The summed E-state index contributed by atoms with van der Waals surface area (Å²) in [7, 11) is -0.164. The van der Waals surface area contributed by atoms with Gasteiger partial charge in [0.25, 0.3) is 0 Å². The number of ketones is 1. The Morgan fingerprint density at radius 3 is 2.73 bits per heavy atom. The van der Waals surface area contributed by atoms with E-state index in [1.807, 2.05) is 6.07 Å². The molecule has 3 aromatic rings. The molecule has 9 nitrogen and oxygen atoms in total. The van der Waals surface area contributed by atoms with E-state index in [1.54, 1.807) is 51.5 Å². The zero-order chi connectivity index (χ0) is 23.6. The number of rotatable bonds is 9. The van der Waals surface area contributed by atoms with E-state index >= 15 is 0 Å². The molecular weight excluding hydrogens is 464 g/mol. The van der Waals surface area contributed by atoms with E-state index in [9.17, 15) is 13.2 Å². The number of nitrogens with zero attached hydrogens (tertiary/aromatic N) is 3. The number of aromatic nitrogens is 3. The zero-order valence-corrected chi connectivity index (χ0v) is 20.1. The second kappa shape index (κ2) is 9.44. The van der Waals surface area contributed by atoms with Crippen molar-refractivity contribution in [3.63, 3.8) is 0 Å². The predicted octanol–water partition coefficient (Wildman–Crippen LogP) is 3.18. The monoisotopic (exact) mass is 488 g/mol. The van der Waals surface area contributed by atoms with Crippen LogP contribution >= 0.6 is 11.8 Å². The number of thioether (sulfide) groups is 1. The molecule has 0 saturated carbocycles. The van der Waals surface area contributed by atoms with Gasteiger partial charge in [-0.25, -0.2) is 13.4 Å². The van der Waals surface area contributed by atoms with Gasteiger partial charge in [-0.2, -0.15) is 0 Å². The second-order valence-corrected chi connectivity index (χ2v) is 10.4. The molecule has 0 unspecified atom stereocenters. The summed E-state index contributed by atoms with van der Waals surface area (Å²) in [5.74, 6) is 1.92. The summed E-state index contributed by atoms with van der Waals surface area (Å²) in [5, 5.41) is 7.52. The largest absolute Gasteiger partial charge is 0.497 e. The maximum Gasteiger partial charge on any atom is 0.234 e. The molecule has 4 rings (SSSR count). The quantitative estimate of drug-likeness (QED) is 0.361. The van der Waals surface area contributed by atoms with Crippen molar-refractivity contribution in [1.29, 1.82) is 0 Å². The van der Waals surface area contributed by atoms with Gasteiger partial charge in [-0.1, -0.05) is 11.8 Å². The molecule has 2 heterocycles. The van der Waals surface area contributed by atoms with Crippen LogP contribution in [0.15, 0.2) is 41.6 Å². The predicted molar refractivity (Wildman–Crippen MR) is 127 cm³/mol. The van der Waals surface area contributed by atoms with Crippen LogP contribution in [0.5, 0.6) is 11.5 Å². The Morgan fingerprint density at radius 1 is 1.18 bits per heavy atom. The molecule has 2 aromatic carbocycles. The standard InChI is InChI=1S/C22H24N4O5S2/c1-4-33(28,29)26-10-9-14-11-15(5-8-18(14)26)19(27)13-32-22-23-21(24-25-22)17-7-6-16(30-2)12-20(17)31-3/h5-8,11-12H,4,9-10,13H2,1-3H3,(H,23,24,25). The molecule has 1 N–H and O–H groups in total. The molecule has 0 atom stereocenters. The molecule has 0 spiro atoms. The number of fused-ring (bicyclic) bond motifs is 1. The van der Waals surface area contributed by atoms with Crippen molar-refractivity contribution in [2.24, 2.45) is 0 Å². The summed E-state index contributed by atoms with van der Waals surface area (Å²) in [5.41, 5.74) is 2.81. The molecule has 1 aliphatic heterocycles. The first-order valence-electron chi connectivity index (χ1n) is 10.3. The number of carbonyl (C=O) groups is 1. The fraction of sp³-hybridized carbons (Fsp3) is 0.318. The number of ether oxygens (including phenoxy) is 2. The molecule has 174 valence electrons. The Morgan fingerprint density at radius 2 is 2.00 bits per heavy atom. The van der Waals surface area contributed by atoms with Crippen molar-refractivity contribution in [2.45, 2.75) is 18.5 Å². The van der Waals surface area contributed by atoms with Crippen LogP contribution < -0.4 is 13.8 Å². The average Bonchev–Trinajstić information content (AvgIpc) is 3.49. The van der Waals surface area contributed by atoms with E-state index in [4.69, 9.17) is 9.47 Å². The van der Waals surface area contributed by atoms with Gasteiger partial charge in [0.05, 0.1) is 37.0 Å². The fourth-order valence-electron chi connectivity index (χ4n) is 3.63. The van der Waals surface area contributed by atoms with E-state index in [0.717, 1.165) is 11.1 Å². The van der Waals surface area contributed by atoms with Gasteiger partial charge >= 0.3 is 0 Å². The number of aromatic amines is 1. The Hall–Kier alpha value is -3.05. The lowest BCUT2D eigenvalue weighted by Crippen LogP contribution is -2.30. The number of hydrogen-bond donors (Lipinski definition) is 1. The van der Waals surface area contributed by atoms with Crippen LogP contribution in [-0.2, 0) is 16.4 Å². The van der Waals surface area contributed by atoms with Crippen LogP contribution in [0.2, 0.25) is 0 Å². The first-order chi connectivity index (χ1) is 15.9. The molecule has 33 heavy (non-hydrogen) atoms. The molecule has 0 aliphatic carbocycles. The number of benzene rings is 2. The highest BCUT2D eigenvalue weighted by Gasteiger charge is 2.28. The van der Waals surface area contributed by atoms with Crippen molar-refractivity contribution in [1.82, 2.24) is 15.2 Å². The van der Waals surface area contributed by atoms with Gasteiger partial charge in [-0.15, -0.1) is 5.10 Å². The normalized spacial score (nSPS) is 13.1. The number of nitrogens with one attached hydrogen (secondary N) is 1. The summed E-state index contributed by atoms with van der Waals surface area (Å²) < 4.78 is 36.5. The summed E-state index contributed by atoms with van der Waals surface area (Å²) in [6, 6.07) is 10.6. The number of carbonyl (C=O) groups excluding carboxylic acids is 1. The number of hydrogen-bond acceptors (Lipinski definition) is 8. The molecule has 0 fully saturated rings. The molecule has 0 bridgehead atoms. The van der Waals surface area contributed by atoms with Crippen molar-refractivity contribution >= 4 is 33.3 Å². The minimum absolute atomic E-state index is 0.0464. The lowest BCUT2D eigenvalue weighted by Gasteiger charge is -2.18. The van der Waals surface area contributed by atoms with Crippen molar-refractivity contribution in [2.75, 3.05) is 36.6 Å². The van der Waals surface area contributed by atoms with Gasteiger partial charge in [0, 0.05) is 18.2 Å². The average molecular weight is 489 g/mol. The SMILES string of the molecule is CCS(=O)(=O)N1CCc2cc(C(=O)CSc3n[nH]c(-c4ccc(OC)cc4OC)n3)ccc21. The lowest BCUT2D eigenvalue weighted by atomic mass is 10.1. The smallest absolute Gasteiger partial charge is 0.234 e. The van der Waals surface area contributed by atoms with Crippen LogP contribution in [-0.4, -0.2) is 61.7 Å². The molecule has 0 amide bonds. The summed E-state index contributed by atoms with van der Waals surface area (Å²) in [4.78, 5) is 17.2. The van der Waals surface area contributed by atoms with Gasteiger partial charge in [-0.3, -0.25) is 14.2 Å². The van der Waals surface area contributed by atoms with Gasteiger partial charge in [0.1, 0.15) is 11.5 Å². The molecule has 1 aliphatic rings. The first-order valence-corrected chi connectivity index (χ1v) is 12.9. The van der Waals surface area contributed by atoms with Crippen molar-refractivity contribution in [3.8, 4) is 22.9 Å². The fourth-order valence-corrected chi connectivity index (χ4v) is 5.48. The molecule has 1 aromatic heterocycles. The minimum Gasteiger partial charge on any atom is -0.497 e. The lowest BCUT2D eigenvalue weighted by molar-refractivity contribution is 0.102. The third kappa shape index (κ3) is 4.69. The van der Waals surface area contributed by atoms with Crippen LogP contribution in [0.1, 0.15) is 22.8 Å². The maximum atomic E-state index is 12.7. The van der Waals surface area contributed by atoms with Gasteiger partial charge in [0.15, 0.2) is 11.6 Å². The number of methoxy groups -OCH3 is 2. The summed E-state index contributed by atoms with van der Waals surface area (Å²) in [6.07, 6.45) is 0.594. The number of Topliss-reactive ketones (excluding diaryl/α,β-unsaturated/α-hetero) is 1. The molecule has 11 heteroatoms. The third-order valence-electron chi connectivity index (χ3n) is 5.42. The minimum atomic E-state index is -3.31. The van der Waals surface area contributed by atoms with E-state index in [-0.39, 0.29) is 17.3 Å². The van der Waals surface area contributed by atoms with E-state index < -0.39 is 10.0 Å². The highest BCUT2D eigenvalue weighted by atomic mass is 32.2. The second-order valence-electron chi connectivity index (χ2n) is 7.31. The number of sulfonamides is 1. The molecular formula is C22H24N4O5S2. The first kappa shape index (κ1) is 23.1. The Kier molecular flexibility index (Phi) is 6.61. The Balaban J connectivity index is 1.44. The number of H-pyrrole nitrogens is 1. The van der Waals surface area contributed by atoms with Gasteiger partial charge in [0.2, 0.25) is 15.2 Å². The van der Waals surface area contributed by atoms with Crippen LogP contribution in [0.4, 0.5) is 5.69 Å². The van der Waals surface area contributed by atoms with Crippen molar-refractivity contribution < 1.29 is 22.7 Å². The van der Waals surface area contributed by atoms with Gasteiger partial charge < -0.3 is 9.47 Å². The van der Waals surface area contributed by atoms with Crippen molar-refractivity contribution in [3.05, 3.63) is 47.5 Å². The van der Waals surface area contributed by atoms with E-state index in [0.29, 0.717) is 46.7 Å². The Labute approximate surface area is 196 Å². The topological polar surface area (TPSA) is 114 Å². The van der Waals surface area contributed by atoms with E-state index in [1.165, 1.54) is 16.1 Å².